The third kappa shape index (κ3) is 2.34. The smallest absolute Gasteiger partial charge is 0.0773 e. The molecule has 1 aliphatic rings. The van der Waals surface area contributed by atoms with Crippen LogP contribution < -0.4 is 5.32 Å². The number of hydrogen-bond donors (Lipinski definition) is 2. The van der Waals surface area contributed by atoms with E-state index in [2.05, 4.69) is 5.32 Å². The van der Waals surface area contributed by atoms with Crippen LogP contribution in [0.1, 0.15) is 19.3 Å². The largest absolute Gasteiger partial charge is 0.389 e. The Balaban J connectivity index is 1.92. The first kappa shape index (κ1) is 7.52. The molecule has 1 rings (SSSR count). The summed E-state index contributed by atoms with van der Waals surface area (Å²) in [5, 5.41) is 20.5. The van der Waals surface area contributed by atoms with Gasteiger partial charge in [-0.05, 0) is 12.8 Å². The van der Waals surface area contributed by atoms with Crippen LogP contribution in [0.4, 0.5) is 0 Å². The Morgan fingerprint density at radius 3 is 2.80 bits per heavy atom. The van der Waals surface area contributed by atoms with Gasteiger partial charge in [-0.2, -0.15) is 5.26 Å². The molecule has 1 aliphatic carbocycles. The first-order chi connectivity index (χ1) is 4.77. The van der Waals surface area contributed by atoms with E-state index in [1.165, 1.54) is 0 Å². The summed E-state index contributed by atoms with van der Waals surface area (Å²) in [4.78, 5) is 0. The molecule has 56 valence electrons. The summed E-state index contributed by atoms with van der Waals surface area (Å²) in [7, 11) is 0. The molecule has 0 radical (unpaired) electrons. The molecule has 3 nitrogen and oxygen atoms in total. The normalized spacial score (nSPS) is 20.0. The minimum Gasteiger partial charge on any atom is -0.389 e. The van der Waals surface area contributed by atoms with Gasteiger partial charge in [-0.1, -0.05) is 0 Å². The van der Waals surface area contributed by atoms with Crippen LogP contribution in [0.2, 0.25) is 0 Å². The Morgan fingerprint density at radius 1 is 1.60 bits per heavy atom. The van der Waals surface area contributed by atoms with Gasteiger partial charge in [0, 0.05) is 19.5 Å². The maximum atomic E-state index is 9.28. The van der Waals surface area contributed by atoms with Crippen molar-refractivity contribution in [3.05, 3.63) is 0 Å². The molecule has 0 saturated heterocycles. The van der Waals surface area contributed by atoms with Gasteiger partial charge in [-0.25, -0.2) is 0 Å². The number of hydrogen-bond acceptors (Lipinski definition) is 3. The fraction of sp³-hybridized carbons (Fsp3) is 0.857. The second-order valence-corrected chi connectivity index (χ2v) is 2.81. The first-order valence-electron chi connectivity index (χ1n) is 3.57. The molecule has 1 fully saturated rings. The van der Waals surface area contributed by atoms with E-state index in [0.717, 1.165) is 12.8 Å². The average molecular weight is 140 g/mol. The van der Waals surface area contributed by atoms with Crippen molar-refractivity contribution in [2.45, 2.75) is 24.9 Å². The molecule has 0 aromatic rings. The Hall–Kier alpha value is -0.590. The van der Waals surface area contributed by atoms with E-state index in [-0.39, 0.29) is 0 Å². The van der Waals surface area contributed by atoms with Gasteiger partial charge >= 0.3 is 0 Å². The third-order valence-corrected chi connectivity index (χ3v) is 1.69. The lowest BCUT2D eigenvalue weighted by molar-refractivity contribution is 0.148. The number of nitrogens with one attached hydrogen (secondary N) is 1. The van der Waals surface area contributed by atoms with Crippen LogP contribution >= 0.6 is 0 Å². The lowest BCUT2D eigenvalue weighted by Crippen LogP contribution is -2.28. The van der Waals surface area contributed by atoms with Crippen LogP contribution in [0.25, 0.3) is 0 Å². The second kappa shape index (κ2) is 3.00. The second-order valence-electron chi connectivity index (χ2n) is 2.81. The van der Waals surface area contributed by atoms with E-state index < -0.39 is 5.60 Å². The van der Waals surface area contributed by atoms with Crippen LogP contribution in [0.15, 0.2) is 0 Å². The van der Waals surface area contributed by atoms with Gasteiger partial charge in [-0.15, -0.1) is 0 Å². The summed E-state index contributed by atoms with van der Waals surface area (Å²) in [6.45, 7) is 1.34. The van der Waals surface area contributed by atoms with E-state index in [1.807, 2.05) is 6.07 Å². The summed E-state index contributed by atoms with van der Waals surface area (Å²) in [5.74, 6) is 0. The van der Waals surface area contributed by atoms with E-state index in [1.54, 1.807) is 0 Å². The predicted octanol–water partition coefficient (Wildman–Crippen LogP) is 0.0146. The lowest BCUT2D eigenvalue weighted by Gasteiger charge is -2.06. The number of rotatable bonds is 4. The van der Waals surface area contributed by atoms with Crippen molar-refractivity contribution < 1.29 is 5.11 Å². The summed E-state index contributed by atoms with van der Waals surface area (Å²) < 4.78 is 0. The highest BCUT2D eigenvalue weighted by Gasteiger charge is 2.39. The van der Waals surface area contributed by atoms with Gasteiger partial charge in [0.15, 0.2) is 0 Å². The van der Waals surface area contributed by atoms with E-state index in [9.17, 15) is 5.11 Å². The van der Waals surface area contributed by atoms with Crippen LogP contribution in [-0.4, -0.2) is 23.8 Å². The van der Waals surface area contributed by atoms with Crippen molar-refractivity contribution in [1.82, 2.24) is 5.32 Å². The molecule has 0 aromatic heterocycles. The maximum Gasteiger partial charge on any atom is 0.0773 e. The molecule has 2 N–H and O–H groups in total. The van der Waals surface area contributed by atoms with Gasteiger partial charge in [0.1, 0.15) is 0 Å². The minimum absolute atomic E-state index is 0.421. The Kier molecular flexibility index (Phi) is 2.25. The molecular formula is C7H12N2O. The zero-order valence-corrected chi connectivity index (χ0v) is 5.93. The van der Waals surface area contributed by atoms with Crippen LogP contribution in [0, 0.1) is 11.3 Å². The predicted molar refractivity (Wildman–Crippen MR) is 37.3 cm³/mol. The SMILES string of the molecule is N#CCCNCC1(O)CC1. The van der Waals surface area contributed by atoms with Crippen LogP contribution in [0.3, 0.4) is 0 Å². The average Bonchev–Trinajstić information content (AvgIpc) is 2.62. The lowest BCUT2D eigenvalue weighted by atomic mass is 10.3. The molecular weight excluding hydrogens is 128 g/mol. The van der Waals surface area contributed by atoms with Crippen LogP contribution in [0.5, 0.6) is 0 Å². The van der Waals surface area contributed by atoms with E-state index in [4.69, 9.17) is 5.26 Å². The molecule has 0 atom stereocenters. The highest BCUT2D eigenvalue weighted by molar-refractivity contribution is 4.95. The van der Waals surface area contributed by atoms with Crippen molar-refractivity contribution in [2.75, 3.05) is 13.1 Å². The summed E-state index contributed by atoms with van der Waals surface area (Å²) in [5.41, 5.74) is -0.421. The Morgan fingerprint density at radius 2 is 2.30 bits per heavy atom. The third-order valence-electron chi connectivity index (χ3n) is 1.69. The number of nitriles is 1. The number of aliphatic hydroxyl groups is 1. The van der Waals surface area contributed by atoms with Gasteiger partial charge in [0.2, 0.25) is 0 Å². The van der Waals surface area contributed by atoms with Gasteiger partial charge in [-0.3, -0.25) is 0 Å². The Bertz CT molecular complexity index is 146. The maximum absolute atomic E-state index is 9.28. The molecule has 0 amide bonds. The van der Waals surface area contributed by atoms with Gasteiger partial charge < -0.3 is 10.4 Å². The first-order valence-corrected chi connectivity index (χ1v) is 3.57. The molecule has 1 saturated carbocycles. The van der Waals surface area contributed by atoms with Crippen molar-refractivity contribution >= 4 is 0 Å². The van der Waals surface area contributed by atoms with Crippen molar-refractivity contribution in [2.24, 2.45) is 0 Å². The zero-order chi connectivity index (χ0) is 7.45. The topological polar surface area (TPSA) is 56.0 Å². The summed E-state index contributed by atoms with van der Waals surface area (Å²) >= 11 is 0. The van der Waals surface area contributed by atoms with Gasteiger partial charge in [0.05, 0.1) is 11.7 Å². The van der Waals surface area contributed by atoms with Crippen molar-refractivity contribution in [3.8, 4) is 6.07 Å². The zero-order valence-electron chi connectivity index (χ0n) is 5.93. The molecule has 0 spiro atoms. The number of nitrogens with zero attached hydrogens (tertiary/aromatic N) is 1. The summed E-state index contributed by atoms with van der Waals surface area (Å²) in [6.07, 6.45) is 2.34. The van der Waals surface area contributed by atoms with E-state index >= 15 is 0 Å². The molecule has 0 unspecified atom stereocenters. The summed E-state index contributed by atoms with van der Waals surface area (Å²) in [6, 6.07) is 2.03. The quantitative estimate of drug-likeness (QED) is 0.541. The van der Waals surface area contributed by atoms with Crippen LogP contribution in [-0.2, 0) is 0 Å². The fourth-order valence-corrected chi connectivity index (χ4v) is 0.786. The molecule has 0 aromatic carbocycles. The molecule has 0 bridgehead atoms. The highest BCUT2D eigenvalue weighted by atomic mass is 16.3. The highest BCUT2D eigenvalue weighted by Crippen LogP contribution is 2.33. The standard InChI is InChI=1S/C7H12N2O/c8-4-1-5-9-6-7(10)2-3-7/h9-10H,1-3,5-6H2. The van der Waals surface area contributed by atoms with E-state index in [0.29, 0.717) is 19.5 Å². The minimum atomic E-state index is -0.421. The molecule has 0 heterocycles. The fourth-order valence-electron chi connectivity index (χ4n) is 0.786. The van der Waals surface area contributed by atoms with Crippen molar-refractivity contribution in [3.63, 3.8) is 0 Å². The van der Waals surface area contributed by atoms with Crippen molar-refractivity contribution in [1.29, 1.82) is 5.26 Å². The van der Waals surface area contributed by atoms with Gasteiger partial charge in [0.25, 0.3) is 0 Å². The monoisotopic (exact) mass is 140 g/mol. The molecule has 10 heavy (non-hydrogen) atoms. The molecule has 3 heteroatoms. The molecule has 0 aliphatic heterocycles. The Labute approximate surface area is 60.7 Å².